The van der Waals surface area contributed by atoms with Crippen molar-refractivity contribution in [2.45, 2.75) is 51.6 Å². The van der Waals surface area contributed by atoms with Crippen molar-refractivity contribution in [3.63, 3.8) is 0 Å². The molecular formula is C20H26O. The van der Waals surface area contributed by atoms with E-state index in [1.165, 1.54) is 5.56 Å². The molecule has 1 nitrogen and oxygen atoms in total. The Morgan fingerprint density at radius 1 is 0.905 bits per heavy atom. The van der Waals surface area contributed by atoms with Crippen LogP contribution in [0.4, 0.5) is 0 Å². The summed E-state index contributed by atoms with van der Waals surface area (Å²) < 4.78 is 0. The largest absolute Gasteiger partial charge is 0.388 e. The Morgan fingerprint density at radius 2 is 1.43 bits per heavy atom. The van der Waals surface area contributed by atoms with Crippen molar-refractivity contribution in [2.24, 2.45) is 0 Å². The Bertz CT molecular complexity index is 554. The van der Waals surface area contributed by atoms with Crippen LogP contribution in [-0.2, 0) is 5.41 Å². The predicted molar refractivity (Wildman–Crippen MR) is 89.6 cm³/mol. The van der Waals surface area contributed by atoms with Crippen LogP contribution in [0.1, 0.15) is 62.8 Å². The highest BCUT2D eigenvalue weighted by atomic mass is 16.3. The molecular weight excluding hydrogens is 256 g/mol. The fourth-order valence-electron chi connectivity index (χ4n) is 2.68. The molecule has 1 heteroatoms. The number of hydrogen-bond donors (Lipinski definition) is 1. The van der Waals surface area contributed by atoms with E-state index in [9.17, 15) is 5.11 Å². The minimum atomic E-state index is -0.508. The van der Waals surface area contributed by atoms with Gasteiger partial charge in [0.2, 0.25) is 0 Å². The van der Waals surface area contributed by atoms with Crippen molar-refractivity contribution in [1.29, 1.82) is 0 Å². The van der Waals surface area contributed by atoms with Gasteiger partial charge in [-0.25, -0.2) is 0 Å². The summed E-state index contributed by atoms with van der Waals surface area (Å²) in [7, 11) is 0. The van der Waals surface area contributed by atoms with Gasteiger partial charge in [0.1, 0.15) is 0 Å². The lowest BCUT2D eigenvalue weighted by Crippen LogP contribution is -2.26. The van der Waals surface area contributed by atoms with Gasteiger partial charge in [0.15, 0.2) is 0 Å². The first-order valence-corrected chi connectivity index (χ1v) is 7.80. The van der Waals surface area contributed by atoms with Crippen LogP contribution < -0.4 is 0 Å². The average Bonchev–Trinajstić information content (AvgIpc) is 2.54. The molecule has 2 aromatic carbocycles. The van der Waals surface area contributed by atoms with Gasteiger partial charge in [0.25, 0.3) is 0 Å². The van der Waals surface area contributed by atoms with E-state index in [1.54, 1.807) is 0 Å². The van der Waals surface area contributed by atoms with E-state index in [2.05, 4.69) is 64.1 Å². The van der Waals surface area contributed by atoms with Crippen LogP contribution in [0.15, 0.2) is 54.6 Å². The first kappa shape index (κ1) is 15.8. The van der Waals surface area contributed by atoms with Gasteiger partial charge in [0, 0.05) is 5.41 Å². The van der Waals surface area contributed by atoms with Gasteiger partial charge in [-0.15, -0.1) is 0 Å². The summed E-state index contributed by atoms with van der Waals surface area (Å²) in [6.07, 6.45) is 0.628. The maximum absolute atomic E-state index is 10.8. The molecule has 0 saturated carbocycles. The highest BCUT2D eigenvalue weighted by molar-refractivity contribution is 5.32. The monoisotopic (exact) mass is 282 g/mol. The van der Waals surface area contributed by atoms with Crippen molar-refractivity contribution in [1.82, 2.24) is 0 Å². The maximum atomic E-state index is 10.8. The molecule has 2 atom stereocenters. The van der Waals surface area contributed by atoms with Crippen LogP contribution in [0, 0.1) is 0 Å². The zero-order chi connectivity index (χ0) is 15.5. The van der Waals surface area contributed by atoms with Gasteiger partial charge < -0.3 is 5.11 Å². The molecule has 0 radical (unpaired) electrons. The molecule has 0 spiro atoms. The van der Waals surface area contributed by atoms with E-state index in [4.69, 9.17) is 0 Å². The third-order valence-electron chi connectivity index (χ3n) is 4.64. The van der Waals surface area contributed by atoms with Gasteiger partial charge >= 0.3 is 0 Å². The van der Waals surface area contributed by atoms with Crippen molar-refractivity contribution in [2.75, 3.05) is 0 Å². The lowest BCUT2D eigenvalue weighted by atomic mass is 9.76. The number of rotatable bonds is 5. The molecule has 0 aromatic heterocycles. The van der Waals surface area contributed by atoms with Gasteiger partial charge in [-0.3, -0.25) is 0 Å². The average molecular weight is 282 g/mol. The molecule has 2 unspecified atom stereocenters. The SMILES string of the molecule is CCC(C)c1ccc(C(O)C(C)(C)c2ccccc2)cc1. The molecule has 0 amide bonds. The lowest BCUT2D eigenvalue weighted by Gasteiger charge is -2.31. The molecule has 0 heterocycles. The van der Waals surface area contributed by atoms with E-state index in [0.717, 1.165) is 17.5 Å². The predicted octanol–water partition coefficient (Wildman–Crippen LogP) is 5.21. The normalized spacial score (nSPS) is 14.7. The number of hydrogen-bond acceptors (Lipinski definition) is 1. The Morgan fingerprint density at radius 3 is 1.95 bits per heavy atom. The summed E-state index contributed by atoms with van der Waals surface area (Å²) in [4.78, 5) is 0. The van der Waals surface area contributed by atoms with Crippen molar-refractivity contribution < 1.29 is 5.11 Å². The summed E-state index contributed by atoms with van der Waals surface area (Å²) in [5.41, 5.74) is 3.17. The molecule has 21 heavy (non-hydrogen) atoms. The van der Waals surface area contributed by atoms with Gasteiger partial charge in [-0.2, -0.15) is 0 Å². The van der Waals surface area contributed by atoms with E-state index in [-0.39, 0.29) is 5.41 Å². The Hall–Kier alpha value is -1.60. The van der Waals surface area contributed by atoms with Gasteiger partial charge in [0.05, 0.1) is 6.10 Å². The molecule has 1 N–H and O–H groups in total. The van der Waals surface area contributed by atoms with Gasteiger partial charge in [-0.1, -0.05) is 82.3 Å². The molecule has 0 aliphatic heterocycles. The zero-order valence-electron chi connectivity index (χ0n) is 13.5. The van der Waals surface area contributed by atoms with E-state index < -0.39 is 6.10 Å². The summed E-state index contributed by atoms with van der Waals surface area (Å²) in [5, 5.41) is 10.8. The highest BCUT2D eigenvalue weighted by Crippen LogP contribution is 2.37. The summed E-state index contributed by atoms with van der Waals surface area (Å²) >= 11 is 0. The molecule has 0 bridgehead atoms. The molecule has 2 aromatic rings. The van der Waals surface area contributed by atoms with Gasteiger partial charge in [-0.05, 0) is 29.0 Å². The van der Waals surface area contributed by atoms with Crippen molar-refractivity contribution in [3.05, 3.63) is 71.3 Å². The molecule has 2 rings (SSSR count). The summed E-state index contributed by atoms with van der Waals surface area (Å²) in [6, 6.07) is 18.6. The van der Waals surface area contributed by atoms with E-state index in [0.29, 0.717) is 5.92 Å². The second-order valence-electron chi connectivity index (χ2n) is 6.47. The topological polar surface area (TPSA) is 20.2 Å². The van der Waals surface area contributed by atoms with Crippen molar-refractivity contribution in [3.8, 4) is 0 Å². The van der Waals surface area contributed by atoms with E-state index in [1.807, 2.05) is 18.2 Å². The number of aliphatic hydroxyl groups excluding tert-OH is 1. The lowest BCUT2D eigenvalue weighted by molar-refractivity contribution is 0.100. The maximum Gasteiger partial charge on any atom is 0.0881 e. The molecule has 112 valence electrons. The third kappa shape index (κ3) is 3.36. The standard InChI is InChI=1S/C20H26O/c1-5-15(2)16-11-13-17(14-12-16)19(21)20(3,4)18-9-7-6-8-10-18/h6-15,19,21H,5H2,1-4H3. The highest BCUT2D eigenvalue weighted by Gasteiger charge is 2.30. The first-order valence-electron chi connectivity index (χ1n) is 7.80. The van der Waals surface area contributed by atoms with Crippen molar-refractivity contribution >= 4 is 0 Å². The number of benzene rings is 2. The Balaban J connectivity index is 2.25. The Labute approximate surface area is 128 Å². The molecule has 0 fully saturated rings. The minimum Gasteiger partial charge on any atom is -0.388 e. The zero-order valence-corrected chi connectivity index (χ0v) is 13.5. The minimum absolute atomic E-state index is 0.306. The van der Waals surface area contributed by atoms with Crippen LogP contribution >= 0.6 is 0 Å². The third-order valence-corrected chi connectivity index (χ3v) is 4.64. The van der Waals surface area contributed by atoms with Crippen LogP contribution in [0.25, 0.3) is 0 Å². The fourth-order valence-corrected chi connectivity index (χ4v) is 2.68. The molecule has 0 aliphatic carbocycles. The first-order chi connectivity index (χ1) is 9.96. The summed E-state index contributed by atoms with van der Waals surface area (Å²) in [6.45, 7) is 8.62. The summed E-state index contributed by atoms with van der Waals surface area (Å²) in [5.74, 6) is 0.568. The Kier molecular flexibility index (Phi) is 4.84. The van der Waals surface area contributed by atoms with Crippen LogP contribution in [0.5, 0.6) is 0 Å². The van der Waals surface area contributed by atoms with Crippen LogP contribution in [-0.4, -0.2) is 5.11 Å². The fraction of sp³-hybridized carbons (Fsp3) is 0.400. The molecule has 0 aliphatic rings. The van der Waals surface area contributed by atoms with E-state index >= 15 is 0 Å². The van der Waals surface area contributed by atoms with Crippen LogP contribution in [0.2, 0.25) is 0 Å². The number of aliphatic hydroxyl groups is 1. The quantitative estimate of drug-likeness (QED) is 0.798. The second kappa shape index (κ2) is 6.44. The second-order valence-corrected chi connectivity index (χ2v) is 6.47. The smallest absolute Gasteiger partial charge is 0.0881 e. The molecule has 0 saturated heterocycles. The van der Waals surface area contributed by atoms with Crippen LogP contribution in [0.3, 0.4) is 0 Å².